The molecule has 0 N–H and O–H groups in total. The maximum absolute atomic E-state index is 4.85. The van der Waals surface area contributed by atoms with Crippen LogP contribution in [-0.2, 0) is 15.1 Å². The summed E-state index contributed by atoms with van der Waals surface area (Å²) in [4.78, 5) is 0. The summed E-state index contributed by atoms with van der Waals surface area (Å²) in [5, 5.41) is 2.46. The molecule has 6 rings (SSSR count). The first-order chi connectivity index (χ1) is 22.6. The number of rotatable bonds is 9. The molecule has 0 heterocycles. The molecule has 268 valence electrons. The molecule has 6 saturated carbocycles. The Balaban J connectivity index is 0.00000134. The van der Waals surface area contributed by atoms with Crippen LogP contribution in [0.3, 0.4) is 0 Å². The maximum atomic E-state index is 4.85. The molecular formula is C41H74Cl2P2Ru+2. The predicted octanol–water partition coefficient (Wildman–Crippen LogP) is 15.9. The van der Waals surface area contributed by atoms with Crippen molar-refractivity contribution in [2.45, 2.75) is 240 Å². The van der Waals surface area contributed by atoms with Gasteiger partial charge in [-0.05, 0) is 166 Å². The third kappa shape index (κ3) is 8.87. The van der Waals surface area contributed by atoms with Crippen molar-refractivity contribution in [3.05, 3.63) is 11.1 Å². The summed E-state index contributed by atoms with van der Waals surface area (Å²) in [5.41, 5.74) is 6.71. The van der Waals surface area contributed by atoms with E-state index in [2.05, 4.69) is 25.0 Å². The van der Waals surface area contributed by atoms with Gasteiger partial charge >= 0.3 is 34.5 Å². The standard InChI is InChI=1S/C41H74P2.2ClH.Ru/c1-34(2)33-41(42(35-21-9-3-10-22-35,36-23-11-4-12-24-36)37-25-13-5-14-26-37)43(38-27-15-6-16-28-38,39-29-17-7-18-30-39)40-31-19-8-20-32-40;;;/h33-40H,3-32H2,1-2H3;2*1H;/q+2;;;+2/p-2. The summed E-state index contributed by atoms with van der Waals surface area (Å²) in [6, 6.07) is 0. The Morgan fingerprint density at radius 2 is 0.587 bits per heavy atom. The van der Waals surface area contributed by atoms with Crippen LogP contribution in [0.4, 0.5) is 0 Å². The SMILES string of the molecule is CC(C)C=C([P+](C1CCCCC1)(C1CCCCC1)C1CCCCC1)[P+](C1CCCCC1)(C1CCCCC1)C1CCCCC1.[Cl][Ru][Cl]. The quantitative estimate of drug-likeness (QED) is 0.161. The van der Waals surface area contributed by atoms with Crippen LogP contribution in [-0.4, -0.2) is 34.0 Å². The van der Waals surface area contributed by atoms with Gasteiger partial charge < -0.3 is 0 Å². The fraction of sp³-hybridized carbons (Fsp3) is 0.951. The van der Waals surface area contributed by atoms with Gasteiger partial charge in [0.05, 0.1) is 48.5 Å². The molecule has 0 aromatic carbocycles. The van der Waals surface area contributed by atoms with Crippen molar-refractivity contribution in [1.82, 2.24) is 0 Å². The molecule has 5 heteroatoms. The zero-order chi connectivity index (χ0) is 32.2. The van der Waals surface area contributed by atoms with Gasteiger partial charge in [-0.25, -0.2) is 0 Å². The minimum atomic E-state index is -1.30. The van der Waals surface area contributed by atoms with Crippen LogP contribution in [0.1, 0.15) is 206 Å². The molecule has 6 fully saturated rings. The van der Waals surface area contributed by atoms with Crippen LogP contribution < -0.4 is 0 Å². The molecule has 0 amide bonds. The summed E-state index contributed by atoms with van der Waals surface area (Å²) in [6.07, 6.45) is 51.0. The van der Waals surface area contributed by atoms with E-state index in [-0.39, 0.29) is 15.1 Å². The average Bonchev–Trinajstić information content (AvgIpc) is 3.12. The van der Waals surface area contributed by atoms with E-state index in [1.807, 2.05) is 0 Å². The van der Waals surface area contributed by atoms with Gasteiger partial charge in [0.1, 0.15) is 0 Å². The Kier molecular flexibility index (Phi) is 17.1. The van der Waals surface area contributed by atoms with Gasteiger partial charge in [-0.1, -0.05) is 52.4 Å². The molecule has 0 atom stereocenters. The topological polar surface area (TPSA) is 0 Å². The first-order valence-corrected chi connectivity index (χ1v) is 29.4. The van der Waals surface area contributed by atoms with Gasteiger partial charge in [0.25, 0.3) is 0 Å². The van der Waals surface area contributed by atoms with Crippen molar-refractivity contribution >= 4 is 33.9 Å². The van der Waals surface area contributed by atoms with Crippen LogP contribution in [0, 0.1) is 5.92 Å². The van der Waals surface area contributed by atoms with Crippen molar-refractivity contribution in [3.63, 3.8) is 0 Å². The van der Waals surface area contributed by atoms with Crippen molar-refractivity contribution in [2.24, 2.45) is 5.92 Å². The monoisotopic (exact) mass is 800 g/mol. The van der Waals surface area contributed by atoms with Gasteiger partial charge in [-0.3, -0.25) is 0 Å². The molecule has 46 heavy (non-hydrogen) atoms. The van der Waals surface area contributed by atoms with Gasteiger partial charge in [0.2, 0.25) is 5.06 Å². The van der Waals surface area contributed by atoms with E-state index in [0.717, 1.165) is 39.9 Å². The van der Waals surface area contributed by atoms with Crippen LogP contribution in [0.25, 0.3) is 0 Å². The molecule has 0 bridgehead atoms. The molecule has 0 unspecified atom stereocenters. The third-order valence-corrected chi connectivity index (χ3v) is 28.7. The van der Waals surface area contributed by atoms with Gasteiger partial charge in [0, 0.05) is 0 Å². The summed E-state index contributed by atoms with van der Waals surface area (Å²) in [5.74, 6) is 0.750. The molecule has 6 aliphatic carbocycles. The Morgan fingerprint density at radius 3 is 0.739 bits per heavy atom. The first kappa shape index (κ1) is 39.0. The van der Waals surface area contributed by atoms with E-state index in [4.69, 9.17) is 19.4 Å². The van der Waals surface area contributed by atoms with Gasteiger partial charge in [-0.2, -0.15) is 0 Å². The molecule has 0 saturated heterocycles. The predicted molar refractivity (Wildman–Crippen MR) is 210 cm³/mol. The second-order valence-corrected chi connectivity index (χ2v) is 28.9. The van der Waals surface area contributed by atoms with E-state index in [1.54, 1.807) is 193 Å². The second-order valence-electron chi connectivity index (χ2n) is 17.2. The number of halogens is 2. The molecule has 0 spiro atoms. The Morgan fingerprint density at radius 1 is 0.413 bits per heavy atom. The Hall–Kier alpha value is 1.80. The van der Waals surface area contributed by atoms with Crippen molar-refractivity contribution in [1.29, 1.82) is 0 Å². The second kappa shape index (κ2) is 20.2. The van der Waals surface area contributed by atoms with Gasteiger partial charge in [0.15, 0.2) is 0 Å². The first-order valence-electron chi connectivity index (χ1n) is 20.9. The summed E-state index contributed by atoms with van der Waals surface area (Å²) in [7, 11) is 7.11. The van der Waals surface area contributed by atoms with E-state index in [1.165, 1.54) is 0 Å². The van der Waals surface area contributed by atoms with E-state index in [9.17, 15) is 0 Å². The number of hydrogen-bond donors (Lipinski definition) is 0. The molecule has 0 aromatic rings. The minimum absolute atomic E-state index is 0.346. The Labute approximate surface area is 304 Å². The van der Waals surface area contributed by atoms with Crippen LogP contribution >= 0.6 is 33.9 Å². The summed E-state index contributed by atoms with van der Waals surface area (Å²) >= 11 is -0.346. The average molecular weight is 801 g/mol. The molecule has 6 aliphatic rings. The molecule has 0 aromatic heterocycles. The van der Waals surface area contributed by atoms with Crippen LogP contribution in [0.5, 0.6) is 0 Å². The van der Waals surface area contributed by atoms with E-state index in [0.29, 0.717) is 0 Å². The van der Waals surface area contributed by atoms with Crippen molar-refractivity contribution < 1.29 is 15.1 Å². The zero-order valence-electron chi connectivity index (χ0n) is 30.3. The van der Waals surface area contributed by atoms with Crippen LogP contribution in [0.15, 0.2) is 11.1 Å². The van der Waals surface area contributed by atoms with Crippen LogP contribution in [0.2, 0.25) is 0 Å². The molecule has 0 nitrogen and oxygen atoms in total. The number of allylic oxidation sites excluding steroid dienone is 1. The van der Waals surface area contributed by atoms with Crippen molar-refractivity contribution in [3.8, 4) is 0 Å². The van der Waals surface area contributed by atoms with Gasteiger partial charge in [-0.15, -0.1) is 0 Å². The molecular weight excluding hydrogens is 726 g/mol. The summed E-state index contributed by atoms with van der Waals surface area (Å²) in [6.45, 7) is 5.29. The Bertz CT molecular complexity index is 716. The van der Waals surface area contributed by atoms with E-state index >= 15 is 0 Å². The van der Waals surface area contributed by atoms with Crippen molar-refractivity contribution in [2.75, 3.05) is 0 Å². The van der Waals surface area contributed by atoms with E-state index < -0.39 is 14.5 Å². The number of hydrogen-bond acceptors (Lipinski definition) is 0. The fourth-order valence-corrected chi connectivity index (χ4v) is 32.4. The molecule has 0 radical (unpaired) electrons. The zero-order valence-corrected chi connectivity index (χ0v) is 35.4. The fourth-order valence-electron chi connectivity index (χ4n) is 12.8. The molecule has 0 aliphatic heterocycles. The third-order valence-electron chi connectivity index (χ3n) is 14.3. The summed E-state index contributed by atoms with van der Waals surface area (Å²) < 4.78 is 0. The normalized spacial score (nSPS) is 26.5.